The number of aromatic nitrogens is 2. The molecule has 2 aromatic heterocycles. The number of carbonyl (C=O) groups excluding carboxylic acids is 1. The first-order valence-electron chi connectivity index (χ1n) is 11.7. The van der Waals surface area contributed by atoms with Gasteiger partial charge in [0, 0.05) is 18.7 Å². The molecule has 6 nitrogen and oxygen atoms in total. The van der Waals surface area contributed by atoms with E-state index in [2.05, 4.69) is 15.3 Å². The molecule has 1 aliphatic heterocycles. The molecule has 37 heavy (non-hydrogen) atoms. The van der Waals surface area contributed by atoms with Crippen LogP contribution in [-0.4, -0.2) is 29.0 Å². The van der Waals surface area contributed by atoms with E-state index in [1.807, 2.05) is 4.90 Å². The minimum Gasteiger partial charge on any atom is -0.410 e. The molecule has 0 spiro atoms. The first kappa shape index (κ1) is 24.5. The van der Waals surface area contributed by atoms with Gasteiger partial charge in [-0.1, -0.05) is 36.4 Å². The second-order valence-corrected chi connectivity index (χ2v) is 8.75. The fraction of sp³-hybridized carbons (Fsp3) is 0.222. The van der Waals surface area contributed by atoms with E-state index < -0.39 is 29.4 Å². The number of nitrogens with zero attached hydrogens (tertiary/aromatic N) is 3. The number of benzene rings is 2. The molecule has 3 heterocycles. The maximum Gasteiger partial charge on any atom is 0.416 e. The number of anilines is 2. The Morgan fingerprint density at radius 2 is 1.76 bits per heavy atom. The van der Waals surface area contributed by atoms with E-state index in [0.29, 0.717) is 48.6 Å². The highest BCUT2D eigenvalue weighted by atomic mass is 19.4. The topological polar surface area (TPSA) is 71.3 Å². The van der Waals surface area contributed by atoms with Crippen LogP contribution in [0.1, 0.15) is 40.4 Å². The highest BCUT2D eigenvalue weighted by Gasteiger charge is 2.31. The number of piperidine rings is 1. The first-order chi connectivity index (χ1) is 17.8. The summed E-state index contributed by atoms with van der Waals surface area (Å²) in [5.74, 6) is -0.0418. The fourth-order valence-corrected chi connectivity index (χ4v) is 4.39. The first-order valence-corrected chi connectivity index (χ1v) is 11.7. The van der Waals surface area contributed by atoms with Crippen LogP contribution in [0, 0.1) is 6.01 Å². The molecule has 0 aliphatic carbocycles. The Morgan fingerprint density at radius 3 is 2.43 bits per heavy atom. The van der Waals surface area contributed by atoms with Gasteiger partial charge in [-0.25, -0.2) is 9.97 Å². The van der Waals surface area contributed by atoms with Crippen molar-refractivity contribution in [2.75, 3.05) is 23.3 Å². The lowest BCUT2D eigenvalue weighted by Crippen LogP contribution is -2.33. The van der Waals surface area contributed by atoms with Gasteiger partial charge in [0.2, 0.25) is 11.6 Å². The molecular weight excluding hydrogens is 488 g/mol. The lowest BCUT2D eigenvalue weighted by molar-refractivity contribution is -0.137. The molecule has 0 bridgehead atoms. The van der Waals surface area contributed by atoms with E-state index in [9.17, 15) is 22.4 Å². The Bertz CT molecular complexity index is 1380. The molecule has 1 N–H and O–H groups in total. The quantitative estimate of drug-likeness (QED) is 0.309. The molecule has 4 aromatic rings. The van der Waals surface area contributed by atoms with E-state index in [1.165, 1.54) is 18.3 Å². The van der Waals surface area contributed by atoms with Crippen molar-refractivity contribution in [1.29, 1.82) is 0 Å². The summed E-state index contributed by atoms with van der Waals surface area (Å²) < 4.78 is 58.4. The normalized spacial score (nSPS) is 14.5. The van der Waals surface area contributed by atoms with Crippen molar-refractivity contribution in [3.8, 4) is 11.5 Å². The molecule has 1 amide bonds. The zero-order chi connectivity index (χ0) is 26.0. The number of hydrogen-bond acceptors (Lipinski definition) is 5. The predicted octanol–water partition coefficient (Wildman–Crippen LogP) is 6.53. The van der Waals surface area contributed by atoms with Crippen LogP contribution in [0.15, 0.2) is 77.3 Å². The summed E-state index contributed by atoms with van der Waals surface area (Å²) in [4.78, 5) is 22.9. The second kappa shape index (κ2) is 10.0. The molecule has 0 unspecified atom stereocenters. The zero-order valence-corrected chi connectivity index (χ0v) is 19.5. The maximum absolute atomic E-state index is 14.2. The van der Waals surface area contributed by atoms with Gasteiger partial charge in [-0.15, -0.1) is 0 Å². The highest BCUT2D eigenvalue weighted by Crippen LogP contribution is 2.35. The number of hydrogen-bond donors (Lipinski definition) is 1. The SMILES string of the molecule is O=C(Nc1ccc(N2CCC(c3cccc(C(F)(F)F)c3)CC2)nc1)c1nc(-c2ccccc2)oc1F. The summed E-state index contributed by atoms with van der Waals surface area (Å²) >= 11 is 0. The molecule has 0 radical (unpaired) electrons. The van der Waals surface area contributed by atoms with E-state index in [-0.39, 0.29) is 11.8 Å². The van der Waals surface area contributed by atoms with Gasteiger partial charge in [-0.3, -0.25) is 4.79 Å². The monoisotopic (exact) mass is 510 g/mol. The molecule has 0 saturated carbocycles. The van der Waals surface area contributed by atoms with Gasteiger partial charge in [0.05, 0.1) is 17.4 Å². The number of alkyl halides is 3. The molecule has 5 rings (SSSR count). The third kappa shape index (κ3) is 5.47. The molecule has 1 saturated heterocycles. The summed E-state index contributed by atoms with van der Waals surface area (Å²) in [5, 5.41) is 2.57. The Hall–Kier alpha value is -4.21. The van der Waals surface area contributed by atoms with Crippen LogP contribution in [0.25, 0.3) is 11.5 Å². The summed E-state index contributed by atoms with van der Waals surface area (Å²) in [6.07, 6.45) is -1.52. The Kier molecular flexibility index (Phi) is 6.64. The largest absolute Gasteiger partial charge is 0.416 e. The molecule has 1 fully saturated rings. The van der Waals surface area contributed by atoms with E-state index in [0.717, 1.165) is 6.07 Å². The number of halogens is 4. The van der Waals surface area contributed by atoms with Gasteiger partial charge >= 0.3 is 12.2 Å². The van der Waals surface area contributed by atoms with Crippen LogP contribution in [0.3, 0.4) is 0 Å². The molecule has 190 valence electrons. The maximum atomic E-state index is 14.2. The summed E-state index contributed by atoms with van der Waals surface area (Å²) in [6.45, 7) is 1.26. The van der Waals surface area contributed by atoms with Crippen LogP contribution in [0.2, 0.25) is 0 Å². The van der Waals surface area contributed by atoms with Crippen molar-refractivity contribution in [2.45, 2.75) is 24.9 Å². The highest BCUT2D eigenvalue weighted by molar-refractivity contribution is 6.03. The van der Waals surface area contributed by atoms with Crippen molar-refractivity contribution < 1.29 is 26.8 Å². The standard InChI is InChI=1S/C27H22F4N4O2/c28-24-23(34-26(37-24)18-5-2-1-3-6-18)25(36)33-21-9-10-22(32-16-21)35-13-11-17(12-14-35)19-7-4-8-20(15-19)27(29,30)31/h1-10,15-17H,11-14H2,(H,33,36). The van der Waals surface area contributed by atoms with Crippen LogP contribution in [-0.2, 0) is 6.18 Å². The van der Waals surface area contributed by atoms with Gasteiger partial charge in [-0.2, -0.15) is 17.6 Å². The Labute approximate surface area is 210 Å². The van der Waals surface area contributed by atoms with Gasteiger partial charge in [0.1, 0.15) is 5.82 Å². The predicted molar refractivity (Wildman–Crippen MR) is 130 cm³/mol. The smallest absolute Gasteiger partial charge is 0.410 e. The Balaban J connectivity index is 1.20. The van der Waals surface area contributed by atoms with E-state index in [1.54, 1.807) is 48.5 Å². The van der Waals surface area contributed by atoms with Crippen molar-refractivity contribution >= 4 is 17.4 Å². The zero-order valence-electron chi connectivity index (χ0n) is 19.5. The van der Waals surface area contributed by atoms with E-state index in [4.69, 9.17) is 4.42 Å². The number of amides is 1. The molecule has 10 heteroatoms. The van der Waals surface area contributed by atoms with Crippen molar-refractivity contribution in [3.05, 3.63) is 95.8 Å². The summed E-state index contributed by atoms with van der Waals surface area (Å²) in [7, 11) is 0. The molecular formula is C27H22F4N4O2. The van der Waals surface area contributed by atoms with Crippen molar-refractivity contribution in [1.82, 2.24) is 9.97 Å². The van der Waals surface area contributed by atoms with Crippen molar-refractivity contribution in [2.24, 2.45) is 0 Å². The van der Waals surface area contributed by atoms with Gasteiger partial charge in [0.15, 0.2) is 0 Å². The van der Waals surface area contributed by atoms with Crippen molar-refractivity contribution in [3.63, 3.8) is 0 Å². The van der Waals surface area contributed by atoms with Gasteiger partial charge < -0.3 is 14.6 Å². The number of carbonyl (C=O) groups is 1. The number of rotatable bonds is 5. The summed E-state index contributed by atoms with van der Waals surface area (Å²) in [5.41, 5.74) is 0.503. The third-order valence-electron chi connectivity index (χ3n) is 6.33. The Morgan fingerprint density at radius 1 is 1.00 bits per heavy atom. The molecule has 2 aromatic carbocycles. The average Bonchev–Trinajstić information content (AvgIpc) is 3.31. The van der Waals surface area contributed by atoms with Gasteiger partial charge in [-0.05, 0) is 54.7 Å². The van der Waals surface area contributed by atoms with Crippen LogP contribution in [0.4, 0.5) is 29.1 Å². The second-order valence-electron chi connectivity index (χ2n) is 8.75. The van der Waals surface area contributed by atoms with Crippen LogP contribution in [0.5, 0.6) is 0 Å². The lowest BCUT2D eigenvalue weighted by atomic mass is 9.88. The minimum absolute atomic E-state index is 0.00487. The molecule has 0 atom stereocenters. The lowest BCUT2D eigenvalue weighted by Gasteiger charge is -2.33. The number of pyridine rings is 1. The van der Waals surface area contributed by atoms with E-state index >= 15 is 0 Å². The number of oxazole rings is 1. The fourth-order valence-electron chi connectivity index (χ4n) is 4.39. The van der Waals surface area contributed by atoms with Crippen LogP contribution >= 0.6 is 0 Å². The number of nitrogens with one attached hydrogen (secondary N) is 1. The average molecular weight is 510 g/mol. The minimum atomic E-state index is -4.36. The summed E-state index contributed by atoms with van der Waals surface area (Å²) in [6, 6.07) is 16.5. The van der Waals surface area contributed by atoms with Gasteiger partial charge in [0.25, 0.3) is 5.91 Å². The third-order valence-corrected chi connectivity index (χ3v) is 6.33. The van der Waals surface area contributed by atoms with Crippen LogP contribution < -0.4 is 10.2 Å². The molecule has 1 aliphatic rings.